The molecule has 0 saturated heterocycles. The van der Waals surface area contributed by atoms with Crippen LogP contribution in [0.3, 0.4) is 0 Å². The molecule has 0 aliphatic rings. The third-order valence-corrected chi connectivity index (χ3v) is 2.70. The highest BCUT2D eigenvalue weighted by Crippen LogP contribution is 2.15. The molecule has 1 aromatic heterocycles. The molecule has 0 radical (unpaired) electrons. The molecule has 3 nitrogen and oxygen atoms in total. The molecule has 0 unspecified atom stereocenters. The molecule has 2 N–H and O–H groups in total. The van der Waals surface area contributed by atoms with Gasteiger partial charge in [-0.05, 0) is 29.3 Å². The van der Waals surface area contributed by atoms with Crippen LogP contribution in [0.15, 0.2) is 42.7 Å². The van der Waals surface area contributed by atoms with E-state index < -0.39 is 0 Å². The summed E-state index contributed by atoms with van der Waals surface area (Å²) in [6.07, 6.45) is 3.32. The number of hydrogen-bond acceptors (Lipinski definition) is 3. The minimum Gasteiger partial charge on any atom is -0.399 e. The second-order valence-electron chi connectivity index (χ2n) is 3.70. The first-order valence-electron chi connectivity index (χ1n) is 5.26. The predicted octanol–water partition coefficient (Wildman–Crippen LogP) is 3.03. The molecule has 0 fully saturated rings. The number of benzene rings is 1. The monoisotopic (exact) mass is 248 g/mol. The summed E-state index contributed by atoms with van der Waals surface area (Å²) in [7, 11) is 0. The first-order chi connectivity index (χ1) is 8.25. The summed E-state index contributed by atoms with van der Waals surface area (Å²) in [5.41, 5.74) is 8.39. The average Bonchev–Trinajstić information content (AvgIpc) is 2.34. The van der Waals surface area contributed by atoms with Gasteiger partial charge in [0.1, 0.15) is 0 Å². The summed E-state index contributed by atoms with van der Waals surface area (Å²) in [5.74, 6) is 0. The summed E-state index contributed by atoms with van der Waals surface area (Å²) in [6.45, 7) is 1.02. The molecule has 2 rings (SSSR count). The van der Waals surface area contributed by atoms with E-state index in [2.05, 4.69) is 4.98 Å². The van der Waals surface area contributed by atoms with Crippen LogP contribution in [-0.4, -0.2) is 4.98 Å². The van der Waals surface area contributed by atoms with Gasteiger partial charge in [-0.1, -0.05) is 23.7 Å². The van der Waals surface area contributed by atoms with Crippen LogP contribution in [-0.2, 0) is 18.0 Å². The van der Waals surface area contributed by atoms with Crippen LogP contribution in [0.2, 0.25) is 5.02 Å². The summed E-state index contributed by atoms with van der Waals surface area (Å²) in [6, 6.07) is 9.47. The van der Waals surface area contributed by atoms with E-state index in [1.54, 1.807) is 12.4 Å². The standard InChI is InChI=1S/C13H13ClN2O/c14-13-7-16-6-5-11(13)9-17-8-10-1-3-12(15)4-2-10/h1-7H,8-9,15H2. The largest absolute Gasteiger partial charge is 0.399 e. The molecule has 2 aromatic rings. The number of nitrogens with zero attached hydrogens (tertiary/aromatic N) is 1. The fourth-order valence-corrected chi connectivity index (χ4v) is 1.59. The molecular weight excluding hydrogens is 236 g/mol. The number of anilines is 1. The first-order valence-corrected chi connectivity index (χ1v) is 5.64. The second kappa shape index (κ2) is 5.66. The molecule has 1 heterocycles. The lowest BCUT2D eigenvalue weighted by molar-refractivity contribution is 0.107. The minimum atomic E-state index is 0.478. The smallest absolute Gasteiger partial charge is 0.0737 e. The number of halogens is 1. The van der Waals surface area contributed by atoms with E-state index in [-0.39, 0.29) is 0 Å². The molecular formula is C13H13ClN2O. The zero-order valence-electron chi connectivity index (χ0n) is 9.27. The Bertz CT molecular complexity index is 485. The molecule has 4 heteroatoms. The summed E-state index contributed by atoms with van der Waals surface area (Å²) in [5, 5.41) is 0.629. The number of aromatic nitrogens is 1. The number of ether oxygens (including phenoxy) is 1. The van der Waals surface area contributed by atoms with Gasteiger partial charge in [-0.15, -0.1) is 0 Å². The van der Waals surface area contributed by atoms with Crippen molar-refractivity contribution in [2.75, 3.05) is 5.73 Å². The minimum absolute atomic E-state index is 0.478. The fraction of sp³-hybridized carbons (Fsp3) is 0.154. The lowest BCUT2D eigenvalue weighted by Gasteiger charge is -2.06. The van der Waals surface area contributed by atoms with Crippen LogP contribution in [0, 0.1) is 0 Å². The molecule has 17 heavy (non-hydrogen) atoms. The molecule has 0 atom stereocenters. The fourth-order valence-electron chi connectivity index (χ4n) is 1.41. The molecule has 0 saturated carbocycles. The SMILES string of the molecule is Nc1ccc(COCc2ccncc2Cl)cc1. The molecule has 0 amide bonds. The number of hydrogen-bond donors (Lipinski definition) is 1. The van der Waals surface area contributed by atoms with Gasteiger partial charge < -0.3 is 10.5 Å². The van der Waals surface area contributed by atoms with Gasteiger partial charge in [-0.3, -0.25) is 4.98 Å². The van der Waals surface area contributed by atoms with Crippen LogP contribution in [0.1, 0.15) is 11.1 Å². The lowest BCUT2D eigenvalue weighted by Crippen LogP contribution is -1.95. The average molecular weight is 249 g/mol. The van der Waals surface area contributed by atoms with Crippen molar-refractivity contribution in [2.24, 2.45) is 0 Å². The highest BCUT2D eigenvalue weighted by atomic mass is 35.5. The number of nitrogens with two attached hydrogens (primary N) is 1. The van der Waals surface area contributed by atoms with Crippen molar-refractivity contribution in [3.63, 3.8) is 0 Å². The van der Waals surface area contributed by atoms with Crippen LogP contribution in [0.25, 0.3) is 0 Å². The van der Waals surface area contributed by atoms with E-state index in [4.69, 9.17) is 22.1 Å². The van der Waals surface area contributed by atoms with Gasteiger partial charge >= 0.3 is 0 Å². The predicted molar refractivity (Wildman–Crippen MR) is 68.6 cm³/mol. The van der Waals surface area contributed by atoms with E-state index >= 15 is 0 Å². The Kier molecular flexibility index (Phi) is 3.96. The van der Waals surface area contributed by atoms with Crippen molar-refractivity contribution in [1.29, 1.82) is 0 Å². The summed E-state index contributed by atoms with van der Waals surface area (Å²) >= 11 is 5.97. The molecule has 1 aromatic carbocycles. The molecule has 0 spiro atoms. The van der Waals surface area contributed by atoms with Gasteiger partial charge in [-0.2, -0.15) is 0 Å². The van der Waals surface area contributed by atoms with E-state index in [0.717, 1.165) is 16.8 Å². The van der Waals surface area contributed by atoms with Gasteiger partial charge in [0.25, 0.3) is 0 Å². The quantitative estimate of drug-likeness (QED) is 0.846. The first kappa shape index (κ1) is 11.9. The Morgan fingerprint density at radius 1 is 1.12 bits per heavy atom. The maximum Gasteiger partial charge on any atom is 0.0737 e. The van der Waals surface area contributed by atoms with Gasteiger partial charge in [0, 0.05) is 18.1 Å². The van der Waals surface area contributed by atoms with Gasteiger partial charge in [0.2, 0.25) is 0 Å². The second-order valence-corrected chi connectivity index (χ2v) is 4.11. The molecule has 0 aliphatic heterocycles. The van der Waals surface area contributed by atoms with Crippen molar-refractivity contribution in [3.05, 3.63) is 58.9 Å². The summed E-state index contributed by atoms with van der Waals surface area (Å²) < 4.78 is 5.57. The molecule has 88 valence electrons. The molecule has 0 bridgehead atoms. The normalized spacial score (nSPS) is 10.4. The number of rotatable bonds is 4. The summed E-state index contributed by atoms with van der Waals surface area (Å²) in [4.78, 5) is 3.92. The van der Waals surface area contributed by atoms with E-state index in [1.165, 1.54) is 0 Å². The maximum absolute atomic E-state index is 5.97. The van der Waals surface area contributed by atoms with Crippen molar-refractivity contribution in [3.8, 4) is 0 Å². The Morgan fingerprint density at radius 2 is 1.88 bits per heavy atom. The third-order valence-electron chi connectivity index (χ3n) is 2.36. The van der Waals surface area contributed by atoms with Crippen LogP contribution in [0.5, 0.6) is 0 Å². The number of nitrogen functional groups attached to an aromatic ring is 1. The topological polar surface area (TPSA) is 48.1 Å². The van der Waals surface area contributed by atoms with Gasteiger partial charge in [0.15, 0.2) is 0 Å². The van der Waals surface area contributed by atoms with E-state index in [1.807, 2.05) is 30.3 Å². The zero-order chi connectivity index (χ0) is 12.1. The van der Waals surface area contributed by atoms with Crippen LogP contribution < -0.4 is 5.73 Å². The Labute approximate surface area is 105 Å². The maximum atomic E-state index is 5.97. The lowest BCUT2D eigenvalue weighted by atomic mass is 10.2. The van der Waals surface area contributed by atoms with Gasteiger partial charge in [0.05, 0.1) is 18.2 Å². The number of pyridine rings is 1. The van der Waals surface area contributed by atoms with Crippen molar-refractivity contribution in [1.82, 2.24) is 4.98 Å². The van der Waals surface area contributed by atoms with Crippen molar-refractivity contribution >= 4 is 17.3 Å². The highest BCUT2D eigenvalue weighted by molar-refractivity contribution is 6.31. The van der Waals surface area contributed by atoms with Crippen LogP contribution in [0.4, 0.5) is 5.69 Å². The third kappa shape index (κ3) is 3.44. The van der Waals surface area contributed by atoms with Crippen molar-refractivity contribution < 1.29 is 4.74 Å². The Balaban J connectivity index is 1.88. The van der Waals surface area contributed by atoms with Crippen molar-refractivity contribution in [2.45, 2.75) is 13.2 Å². The highest BCUT2D eigenvalue weighted by Gasteiger charge is 2.00. The Morgan fingerprint density at radius 3 is 2.59 bits per heavy atom. The van der Waals surface area contributed by atoms with E-state index in [0.29, 0.717) is 18.2 Å². The van der Waals surface area contributed by atoms with E-state index in [9.17, 15) is 0 Å². The van der Waals surface area contributed by atoms with Gasteiger partial charge in [-0.25, -0.2) is 0 Å². The Hall–Kier alpha value is -1.58. The van der Waals surface area contributed by atoms with Crippen LogP contribution >= 0.6 is 11.6 Å². The molecule has 0 aliphatic carbocycles. The zero-order valence-corrected chi connectivity index (χ0v) is 10.0.